The van der Waals surface area contributed by atoms with Crippen LogP contribution in [-0.4, -0.2) is 28.5 Å². The van der Waals surface area contributed by atoms with Crippen molar-refractivity contribution in [2.24, 2.45) is 0 Å². The summed E-state index contributed by atoms with van der Waals surface area (Å²) in [5.74, 6) is 0.478. The van der Waals surface area contributed by atoms with Gasteiger partial charge in [0.05, 0.1) is 19.1 Å². The van der Waals surface area contributed by atoms with Crippen molar-refractivity contribution in [2.75, 3.05) is 12.4 Å². The molecule has 8 heteroatoms. The van der Waals surface area contributed by atoms with Gasteiger partial charge in [-0.1, -0.05) is 103 Å². The number of amides is 1. The third-order valence-corrected chi connectivity index (χ3v) is 7.95. The van der Waals surface area contributed by atoms with Crippen molar-refractivity contribution in [1.82, 2.24) is 9.55 Å². The third kappa shape index (κ3) is 7.44. The van der Waals surface area contributed by atoms with E-state index in [-0.39, 0.29) is 18.3 Å². The zero-order valence-corrected chi connectivity index (χ0v) is 27.2. The number of methoxy groups -OCH3 is 1. The number of hydrogen-bond acceptors (Lipinski definition) is 6. The van der Waals surface area contributed by atoms with Gasteiger partial charge in [0.25, 0.3) is 0 Å². The molecule has 0 fully saturated rings. The highest BCUT2D eigenvalue weighted by atomic mass is 16.6. The van der Waals surface area contributed by atoms with Crippen LogP contribution in [-0.2, 0) is 21.7 Å². The van der Waals surface area contributed by atoms with E-state index in [1.807, 2.05) is 42.9 Å². The fourth-order valence-corrected chi connectivity index (χ4v) is 5.82. The van der Waals surface area contributed by atoms with Gasteiger partial charge >= 0.3 is 5.97 Å². The predicted octanol–water partition coefficient (Wildman–Crippen LogP) is 7.89. The zero-order chi connectivity index (χ0) is 34.1. The minimum Gasteiger partial charge on any atom is -0.493 e. The number of ether oxygens (including phenoxy) is 3. The lowest BCUT2D eigenvalue weighted by Gasteiger charge is -2.37. The van der Waals surface area contributed by atoms with Crippen LogP contribution < -0.4 is 19.5 Å². The first-order valence-corrected chi connectivity index (χ1v) is 15.7. The minimum atomic E-state index is -0.666. The summed E-state index contributed by atoms with van der Waals surface area (Å²) in [6.45, 7) is 1.54. The highest BCUT2D eigenvalue weighted by Gasteiger charge is 2.38. The Kier molecular flexibility index (Phi) is 9.96. The first-order chi connectivity index (χ1) is 23.9. The van der Waals surface area contributed by atoms with Crippen molar-refractivity contribution >= 4 is 23.6 Å². The molecule has 1 amide bonds. The molecule has 0 aliphatic heterocycles. The predicted molar refractivity (Wildman–Crippen MR) is 190 cm³/mol. The molecule has 0 bridgehead atoms. The van der Waals surface area contributed by atoms with Gasteiger partial charge in [0.15, 0.2) is 11.5 Å². The highest BCUT2D eigenvalue weighted by Crippen LogP contribution is 2.41. The second kappa shape index (κ2) is 15.0. The van der Waals surface area contributed by atoms with E-state index >= 15 is 0 Å². The van der Waals surface area contributed by atoms with Crippen LogP contribution >= 0.6 is 0 Å². The summed E-state index contributed by atoms with van der Waals surface area (Å²) in [6.07, 6.45) is 6.90. The summed E-state index contributed by atoms with van der Waals surface area (Å²) in [5.41, 5.74) is 4.63. The molecular weight excluding hydrogens is 614 g/mol. The number of carbonyl (C=O) groups excluding carboxylic acids is 2. The van der Waals surface area contributed by atoms with Gasteiger partial charge in [-0.15, -0.1) is 0 Å². The molecule has 0 aliphatic rings. The lowest BCUT2D eigenvalue weighted by atomic mass is 9.77. The quantitative estimate of drug-likeness (QED) is 0.0628. The van der Waals surface area contributed by atoms with Gasteiger partial charge in [0.2, 0.25) is 5.91 Å². The lowest BCUT2D eigenvalue weighted by molar-refractivity contribution is -0.132. The Morgan fingerprint density at radius 3 is 2.00 bits per heavy atom. The zero-order valence-electron chi connectivity index (χ0n) is 27.2. The normalized spacial score (nSPS) is 11.2. The molecule has 6 rings (SSSR count). The Morgan fingerprint density at radius 2 is 1.41 bits per heavy atom. The molecule has 5 aromatic carbocycles. The van der Waals surface area contributed by atoms with Gasteiger partial charge in [-0.25, -0.2) is 4.98 Å². The maximum atomic E-state index is 12.7. The van der Waals surface area contributed by atoms with Gasteiger partial charge in [0.1, 0.15) is 17.9 Å². The number of hydrogen-bond donors (Lipinski definition) is 1. The van der Waals surface area contributed by atoms with E-state index in [0.29, 0.717) is 22.7 Å². The average Bonchev–Trinajstić information content (AvgIpc) is 3.61. The fraction of sp³-hybridized carbons (Fsp3) is 0.0976. The second-order valence-electron chi connectivity index (χ2n) is 11.2. The molecule has 1 N–H and O–H groups in total. The van der Waals surface area contributed by atoms with E-state index < -0.39 is 11.5 Å². The van der Waals surface area contributed by atoms with E-state index in [1.54, 1.807) is 36.4 Å². The number of nitrogens with zero attached hydrogens (tertiary/aromatic N) is 2. The summed E-state index contributed by atoms with van der Waals surface area (Å²) in [6, 6.07) is 43.5. The Hall–Kier alpha value is -6.41. The van der Waals surface area contributed by atoms with Crippen molar-refractivity contribution in [3.05, 3.63) is 180 Å². The second-order valence-corrected chi connectivity index (χ2v) is 11.2. The summed E-state index contributed by atoms with van der Waals surface area (Å²) in [4.78, 5) is 28.9. The monoisotopic (exact) mass is 649 g/mol. The maximum absolute atomic E-state index is 12.7. The molecule has 1 aromatic heterocycles. The highest BCUT2D eigenvalue weighted by molar-refractivity contribution is 6.02. The van der Waals surface area contributed by atoms with Crippen molar-refractivity contribution in [3.63, 3.8) is 0 Å². The molecule has 0 saturated carbocycles. The van der Waals surface area contributed by atoms with E-state index in [4.69, 9.17) is 19.2 Å². The number of imidazole rings is 1. The van der Waals surface area contributed by atoms with Gasteiger partial charge in [-0.2, -0.15) is 0 Å². The molecule has 1 heterocycles. The SMILES string of the molecule is COc1ccc(/C=C/C(=O)Nc2cccc(OCc3cn(C(c4ccccc4)(c4ccccc4)c4ccccc4)cn3)c2)cc1OC(C)=O. The maximum Gasteiger partial charge on any atom is 0.308 e. The fourth-order valence-electron chi connectivity index (χ4n) is 5.82. The molecule has 0 spiro atoms. The van der Waals surface area contributed by atoms with Crippen LogP contribution in [0.15, 0.2) is 152 Å². The van der Waals surface area contributed by atoms with Crippen molar-refractivity contribution in [1.29, 1.82) is 0 Å². The summed E-state index contributed by atoms with van der Waals surface area (Å²) >= 11 is 0. The van der Waals surface area contributed by atoms with Crippen LogP contribution in [0.25, 0.3) is 6.08 Å². The Morgan fingerprint density at radius 1 is 0.776 bits per heavy atom. The lowest BCUT2D eigenvalue weighted by Crippen LogP contribution is -2.36. The number of nitrogens with one attached hydrogen (secondary N) is 1. The molecule has 0 aliphatic carbocycles. The van der Waals surface area contributed by atoms with E-state index in [2.05, 4.69) is 82.7 Å². The Labute approximate surface area is 285 Å². The van der Waals surface area contributed by atoms with Crippen molar-refractivity contribution in [2.45, 2.75) is 19.1 Å². The molecule has 0 atom stereocenters. The van der Waals surface area contributed by atoms with E-state index in [0.717, 1.165) is 22.4 Å². The molecule has 49 heavy (non-hydrogen) atoms. The summed E-state index contributed by atoms with van der Waals surface area (Å²) in [7, 11) is 1.49. The van der Waals surface area contributed by atoms with E-state index in [1.165, 1.54) is 20.1 Å². The van der Waals surface area contributed by atoms with Crippen LogP contribution in [0.5, 0.6) is 17.2 Å². The number of aromatic nitrogens is 2. The minimum absolute atomic E-state index is 0.223. The average molecular weight is 650 g/mol. The molecule has 6 aromatic rings. The largest absolute Gasteiger partial charge is 0.493 e. The first kappa shape index (κ1) is 32.5. The summed E-state index contributed by atoms with van der Waals surface area (Å²) in [5, 5.41) is 2.86. The van der Waals surface area contributed by atoms with Gasteiger partial charge in [-0.3, -0.25) is 9.59 Å². The van der Waals surface area contributed by atoms with Gasteiger partial charge in [-0.05, 0) is 52.6 Å². The van der Waals surface area contributed by atoms with Crippen LogP contribution in [0.2, 0.25) is 0 Å². The summed E-state index contributed by atoms with van der Waals surface area (Å²) < 4.78 is 18.7. The standard InChI is InChI=1S/C41H35N3O5/c1-30(45)49-39-25-31(21-23-38(39)47-2)22-24-40(46)43-35-19-12-20-37(26-35)48-28-36-27-44(29-42-36)41(32-13-6-3-7-14-32,33-15-8-4-9-16-33)34-17-10-5-11-18-34/h3-27,29H,28H2,1-2H3,(H,43,46)/b24-22+. The molecule has 8 nitrogen and oxygen atoms in total. The molecule has 0 saturated heterocycles. The number of anilines is 1. The van der Waals surface area contributed by atoms with E-state index in [9.17, 15) is 9.59 Å². The Bertz CT molecular complexity index is 1960. The van der Waals surface area contributed by atoms with Crippen molar-refractivity contribution < 1.29 is 23.8 Å². The number of benzene rings is 5. The number of rotatable bonds is 12. The molecule has 244 valence electrons. The van der Waals surface area contributed by atoms with Gasteiger partial charge in [0, 0.05) is 31.0 Å². The van der Waals surface area contributed by atoms with Crippen LogP contribution in [0, 0.1) is 0 Å². The van der Waals surface area contributed by atoms with Crippen LogP contribution in [0.3, 0.4) is 0 Å². The Balaban J connectivity index is 1.19. The first-order valence-electron chi connectivity index (χ1n) is 15.7. The molecule has 0 unspecified atom stereocenters. The third-order valence-electron chi connectivity index (χ3n) is 7.95. The molecule has 0 radical (unpaired) electrons. The van der Waals surface area contributed by atoms with Crippen LogP contribution in [0.4, 0.5) is 5.69 Å². The topological polar surface area (TPSA) is 91.7 Å². The number of carbonyl (C=O) groups is 2. The smallest absolute Gasteiger partial charge is 0.308 e. The van der Waals surface area contributed by atoms with Crippen molar-refractivity contribution in [3.8, 4) is 17.2 Å². The molecular formula is C41H35N3O5. The van der Waals surface area contributed by atoms with Gasteiger partial charge < -0.3 is 24.1 Å². The van der Waals surface area contributed by atoms with Crippen LogP contribution in [0.1, 0.15) is 34.9 Å². The number of esters is 1.